The Bertz CT molecular complexity index is 741. The molecule has 0 aliphatic heterocycles. The molecule has 0 bridgehead atoms. The van der Waals surface area contributed by atoms with Crippen molar-refractivity contribution in [2.45, 2.75) is 25.8 Å². The fourth-order valence-electron chi connectivity index (χ4n) is 2.21. The van der Waals surface area contributed by atoms with Crippen LogP contribution in [-0.4, -0.2) is 20.8 Å². The molecule has 1 fully saturated rings. The molecule has 1 aliphatic carbocycles. The van der Waals surface area contributed by atoms with Crippen LogP contribution < -0.4 is 10.6 Å². The predicted molar refractivity (Wildman–Crippen MR) is 88.5 cm³/mol. The van der Waals surface area contributed by atoms with Crippen molar-refractivity contribution in [3.05, 3.63) is 52.3 Å². The molecule has 24 heavy (non-hydrogen) atoms. The third-order valence-corrected chi connectivity index (χ3v) is 3.82. The minimum Gasteiger partial charge on any atom is -0.348 e. The Morgan fingerprint density at radius 1 is 1.25 bits per heavy atom. The number of amides is 1. The Labute approximate surface area is 138 Å². The number of nitro groups is 1. The van der Waals surface area contributed by atoms with E-state index in [9.17, 15) is 14.9 Å². The van der Waals surface area contributed by atoms with Crippen molar-refractivity contribution in [2.75, 3.05) is 10.6 Å². The smallest absolute Gasteiger partial charge is 0.305 e. The lowest BCUT2D eigenvalue weighted by Gasteiger charge is -2.14. The summed E-state index contributed by atoms with van der Waals surface area (Å²) in [6.07, 6.45) is 4.28. The van der Waals surface area contributed by atoms with Crippen LogP contribution in [0.1, 0.15) is 31.4 Å². The lowest BCUT2D eigenvalue weighted by molar-refractivity contribution is -0.385. The van der Waals surface area contributed by atoms with E-state index in [0.717, 1.165) is 24.1 Å². The molecule has 1 aromatic heterocycles. The lowest BCUT2D eigenvalue weighted by atomic mass is 10.1. The molecule has 1 saturated carbocycles. The summed E-state index contributed by atoms with van der Waals surface area (Å²) in [5.41, 5.74) is 1.61. The zero-order valence-corrected chi connectivity index (χ0v) is 13.1. The number of hydrogen-bond donors (Lipinski definition) is 2. The molecule has 1 heterocycles. The highest BCUT2D eigenvalue weighted by Gasteiger charge is 2.29. The predicted octanol–water partition coefficient (Wildman–Crippen LogP) is 2.91. The maximum atomic E-state index is 11.7. The number of nitrogens with zero attached hydrogens (tertiary/aromatic N) is 3. The van der Waals surface area contributed by atoms with Crippen LogP contribution in [0, 0.1) is 16.0 Å². The van der Waals surface area contributed by atoms with Crippen LogP contribution >= 0.6 is 0 Å². The average molecular weight is 327 g/mol. The van der Waals surface area contributed by atoms with Gasteiger partial charge in [-0.3, -0.25) is 14.9 Å². The maximum absolute atomic E-state index is 11.7. The van der Waals surface area contributed by atoms with Crippen LogP contribution in [0.2, 0.25) is 0 Å². The summed E-state index contributed by atoms with van der Waals surface area (Å²) in [6.45, 7) is 1.93. The molecule has 1 amide bonds. The molecule has 3 rings (SSSR count). The number of carbonyl (C=O) groups is 1. The molecule has 0 saturated heterocycles. The highest BCUT2D eigenvalue weighted by atomic mass is 16.6. The van der Waals surface area contributed by atoms with Gasteiger partial charge in [0.25, 0.3) is 0 Å². The number of aromatic nitrogens is 2. The second-order valence-electron chi connectivity index (χ2n) is 5.77. The lowest BCUT2D eigenvalue weighted by Crippen LogP contribution is -2.13. The molecular formula is C16H17N5O3. The second kappa shape index (κ2) is 6.61. The molecule has 8 nitrogen and oxygen atoms in total. The SMILES string of the molecule is CC(Nc1ncc([N+](=O)[O-])cn1)c1ccc(NC(=O)C2CC2)cc1. The third kappa shape index (κ3) is 3.83. The minimum atomic E-state index is -0.540. The highest BCUT2D eigenvalue weighted by molar-refractivity contribution is 5.94. The van der Waals surface area contributed by atoms with E-state index in [-0.39, 0.29) is 23.6 Å². The van der Waals surface area contributed by atoms with E-state index in [1.165, 1.54) is 12.4 Å². The van der Waals surface area contributed by atoms with E-state index in [2.05, 4.69) is 20.6 Å². The van der Waals surface area contributed by atoms with Gasteiger partial charge in [0, 0.05) is 11.6 Å². The van der Waals surface area contributed by atoms with Gasteiger partial charge in [-0.1, -0.05) is 12.1 Å². The molecule has 1 aliphatic rings. The summed E-state index contributed by atoms with van der Waals surface area (Å²) in [5.74, 6) is 0.567. The quantitative estimate of drug-likeness (QED) is 0.623. The first kappa shape index (κ1) is 15.9. The van der Waals surface area contributed by atoms with Gasteiger partial charge in [0.2, 0.25) is 11.9 Å². The summed E-state index contributed by atoms with van der Waals surface area (Å²) in [7, 11) is 0. The topological polar surface area (TPSA) is 110 Å². The average Bonchev–Trinajstić information content (AvgIpc) is 3.41. The van der Waals surface area contributed by atoms with E-state index in [0.29, 0.717) is 5.95 Å². The summed E-state index contributed by atoms with van der Waals surface area (Å²) in [6, 6.07) is 7.44. The van der Waals surface area contributed by atoms with Crippen molar-refractivity contribution in [2.24, 2.45) is 5.92 Å². The first-order valence-corrected chi connectivity index (χ1v) is 7.67. The summed E-state index contributed by atoms with van der Waals surface area (Å²) < 4.78 is 0. The second-order valence-corrected chi connectivity index (χ2v) is 5.77. The van der Waals surface area contributed by atoms with Gasteiger partial charge in [0.15, 0.2) is 0 Å². The summed E-state index contributed by atoms with van der Waals surface area (Å²) in [4.78, 5) is 29.6. The van der Waals surface area contributed by atoms with Gasteiger partial charge in [0.05, 0.1) is 11.0 Å². The molecule has 1 atom stereocenters. The largest absolute Gasteiger partial charge is 0.348 e. The minimum absolute atomic E-state index is 0.0770. The molecular weight excluding hydrogens is 310 g/mol. The molecule has 1 unspecified atom stereocenters. The molecule has 2 N–H and O–H groups in total. The molecule has 1 aromatic carbocycles. The molecule has 8 heteroatoms. The van der Waals surface area contributed by atoms with Gasteiger partial charge in [-0.15, -0.1) is 0 Å². The Hall–Kier alpha value is -3.03. The van der Waals surface area contributed by atoms with E-state index in [4.69, 9.17) is 0 Å². The third-order valence-electron chi connectivity index (χ3n) is 3.82. The molecule has 2 aromatic rings. The summed E-state index contributed by atoms with van der Waals surface area (Å²) in [5, 5.41) is 16.6. The van der Waals surface area contributed by atoms with Crippen LogP contribution in [0.15, 0.2) is 36.7 Å². The fourth-order valence-corrected chi connectivity index (χ4v) is 2.21. The fraction of sp³-hybridized carbons (Fsp3) is 0.312. The van der Waals surface area contributed by atoms with Crippen LogP contribution in [0.25, 0.3) is 0 Å². The number of rotatable bonds is 6. The number of hydrogen-bond acceptors (Lipinski definition) is 6. The zero-order valence-electron chi connectivity index (χ0n) is 13.1. The molecule has 124 valence electrons. The molecule has 0 spiro atoms. The Balaban J connectivity index is 1.60. The standard InChI is InChI=1S/C16H17N5O3/c1-10(19-16-17-8-14(9-18-16)21(23)24)11-4-6-13(7-5-11)20-15(22)12-2-3-12/h4-10,12H,2-3H2,1H3,(H,20,22)(H,17,18,19). The van der Waals surface area contributed by atoms with E-state index < -0.39 is 4.92 Å². The van der Waals surface area contributed by atoms with Crippen LogP contribution in [-0.2, 0) is 4.79 Å². The van der Waals surface area contributed by atoms with Gasteiger partial charge in [-0.25, -0.2) is 9.97 Å². The van der Waals surface area contributed by atoms with E-state index in [1.54, 1.807) is 0 Å². The number of anilines is 2. The van der Waals surface area contributed by atoms with Gasteiger partial charge in [-0.05, 0) is 37.5 Å². The highest BCUT2D eigenvalue weighted by Crippen LogP contribution is 2.30. The van der Waals surface area contributed by atoms with Gasteiger partial charge in [0.1, 0.15) is 12.4 Å². The van der Waals surface area contributed by atoms with E-state index >= 15 is 0 Å². The normalized spacial score (nSPS) is 14.7. The van der Waals surface area contributed by atoms with Crippen molar-refractivity contribution in [1.29, 1.82) is 0 Å². The Morgan fingerprint density at radius 3 is 2.42 bits per heavy atom. The monoisotopic (exact) mass is 327 g/mol. The van der Waals surface area contributed by atoms with Crippen molar-refractivity contribution in [3.8, 4) is 0 Å². The first-order chi connectivity index (χ1) is 11.5. The zero-order chi connectivity index (χ0) is 17.1. The van der Waals surface area contributed by atoms with Crippen molar-refractivity contribution < 1.29 is 9.72 Å². The number of nitrogens with one attached hydrogen (secondary N) is 2. The summed E-state index contributed by atoms with van der Waals surface area (Å²) >= 11 is 0. The Morgan fingerprint density at radius 2 is 1.88 bits per heavy atom. The van der Waals surface area contributed by atoms with Crippen molar-refractivity contribution >= 4 is 23.2 Å². The van der Waals surface area contributed by atoms with E-state index in [1.807, 2.05) is 31.2 Å². The van der Waals surface area contributed by atoms with Gasteiger partial charge >= 0.3 is 5.69 Å². The van der Waals surface area contributed by atoms with Crippen LogP contribution in [0.4, 0.5) is 17.3 Å². The van der Waals surface area contributed by atoms with Crippen LogP contribution in [0.3, 0.4) is 0 Å². The van der Waals surface area contributed by atoms with Gasteiger partial charge < -0.3 is 10.6 Å². The Kier molecular flexibility index (Phi) is 4.37. The maximum Gasteiger partial charge on any atom is 0.305 e. The van der Waals surface area contributed by atoms with Crippen molar-refractivity contribution in [3.63, 3.8) is 0 Å². The molecule has 0 radical (unpaired) electrons. The van der Waals surface area contributed by atoms with Gasteiger partial charge in [-0.2, -0.15) is 0 Å². The number of benzene rings is 1. The van der Waals surface area contributed by atoms with Crippen LogP contribution in [0.5, 0.6) is 0 Å². The van der Waals surface area contributed by atoms with Crippen molar-refractivity contribution in [1.82, 2.24) is 9.97 Å². The number of carbonyl (C=O) groups excluding carboxylic acids is 1. The first-order valence-electron chi connectivity index (χ1n) is 7.67.